The maximum absolute atomic E-state index is 12.4. The lowest BCUT2D eigenvalue weighted by Crippen LogP contribution is -2.23. The van der Waals surface area contributed by atoms with Crippen molar-refractivity contribution in [2.45, 2.75) is 39.8 Å². The lowest BCUT2D eigenvalue weighted by Gasteiger charge is -2.12. The van der Waals surface area contributed by atoms with E-state index in [0.717, 1.165) is 17.7 Å². The Bertz CT molecular complexity index is 650. The van der Waals surface area contributed by atoms with Gasteiger partial charge in [0.2, 0.25) is 0 Å². The Morgan fingerprint density at radius 1 is 1.08 bits per heavy atom. The van der Waals surface area contributed by atoms with Crippen molar-refractivity contribution >= 4 is 5.91 Å². The van der Waals surface area contributed by atoms with Crippen molar-refractivity contribution in [1.82, 2.24) is 5.32 Å². The summed E-state index contributed by atoms with van der Waals surface area (Å²) in [4.78, 5) is 12.4. The Hall–Kier alpha value is -2.49. The highest BCUT2D eigenvalue weighted by molar-refractivity contribution is 5.96. The first-order valence-electron chi connectivity index (χ1n) is 8.35. The highest BCUT2D eigenvalue weighted by atomic mass is 16.5. The molecule has 4 nitrogen and oxygen atoms in total. The Balaban J connectivity index is 1.95. The summed E-state index contributed by atoms with van der Waals surface area (Å²) in [6.45, 7) is 7.08. The zero-order valence-corrected chi connectivity index (χ0v) is 14.5. The van der Waals surface area contributed by atoms with E-state index in [-0.39, 0.29) is 12.0 Å². The average Bonchev–Trinajstić information content (AvgIpc) is 2.59. The largest absolute Gasteiger partial charge is 0.493 e. The Kier molecular flexibility index (Phi) is 6.67. The van der Waals surface area contributed by atoms with Gasteiger partial charge in [0.25, 0.3) is 5.91 Å². The second-order valence-corrected chi connectivity index (χ2v) is 5.84. The maximum Gasteiger partial charge on any atom is 0.255 e. The molecule has 0 aliphatic carbocycles. The zero-order valence-electron chi connectivity index (χ0n) is 14.5. The molecule has 0 saturated heterocycles. The summed E-state index contributed by atoms with van der Waals surface area (Å²) in [5.74, 6) is 1.32. The number of benzene rings is 2. The van der Waals surface area contributed by atoms with Crippen molar-refractivity contribution in [2.24, 2.45) is 0 Å². The van der Waals surface area contributed by atoms with Crippen LogP contribution in [0.25, 0.3) is 0 Å². The van der Waals surface area contributed by atoms with Gasteiger partial charge in [0, 0.05) is 6.54 Å². The van der Waals surface area contributed by atoms with E-state index in [2.05, 4.69) is 5.32 Å². The Morgan fingerprint density at radius 3 is 2.46 bits per heavy atom. The molecule has 2 rings (SSSR count). The fourth-order valence-corrected chi connectivity index (χ4v) is 2.23. The second kappa shape index (κ2) is 8.96. The van der Waals surface area contributed by atoms with Gasteiger partial charge in [-0.1, -0.05) is 31.2 Å². The predicted molar refractivity (Wildman–Crippen MR) is 95.6 cm³/mol. The third-order valence-electron chi connectivity index (χ3n) is 3.34. The first-order valence-corrected chi connectivity index (χ1v) is 8.35. The lowest BCUT2D eigenvalue weighted by molar-refractivity contribution is 0.0947. The van der Waals surface area contributed by atoms with Gasteiger partial charge in [0.05, 0.1) is 18.3 Å². The first-order chi connectivity index (χ1) is 11.6. The molecule has 0 radical (unpaired) electrons. The second-order valence-electron chi connectivity index (χ2n) is 5.84. The van der Waals surface area contributed by atoms with Gasteiger partial charge >= 0.3 is 0 Å². The number of para-hydroxylation sites is 1. The van der Waals surface area contributed by atoms with E-state index in [4.69, 9.17) is 9.47 Å². The van der Waals surface area contributed by atoms with Gasteiger partial charge in [-0.05, 0) is 50.1 Å². The molecule has 4 heteroatoms. The molecule has 0 bridgehead atoms. The van der Waals surface area contributed by atoms with Gasteiger partial charge < -0.3 is 14.8 Å². The molecule has 0 aromatic heterocycles. The summed E-state index contributed by atoms with van der Waals surface area (Å²) in [5, 5.41) is 2.93. The van der Waals surface area contributed by atoms with Gasteiger partial charge in [0.1, 0.15) is 11.5 Å². The van der Waals surface area contributed by atoms with Crippen LogP contribution < -0.4 is 14.8 Å². The van der Waals surface area contributed by atoms with Crippen LogP contribution in [0, 0.1) is 0 Å². The van der Waals surface area contributed by atoms with Crippen LogP contribution in [0.15, 0.2) is 48.5 Å². The van der Waals surface area contributed by atoms with E-state index < -0.39 is 0 Å². The number of carbonyl (C=O) groups is 1. The molecule has 1 N–H and O–H groups in total. The molecule has 128 valence electrons. The molecular formula is C20H25NO3. The van der Waals surface area contributed by atoms with Gasteiger partial charge in [-0.2, -0.15) is 0 Å². The van der Waals surface area contributed by atoms with Crippen molar-refractivity contribution in [3.8, 4) is 11.5 Å². The minimum Gasteiger partial charge on any atom is -0.493 e. The van der Waals surface area contributed by atoms with E-state index in [9.17, 15) is 4.79 Å². The number of ether oxygens (including phenoxy) is 2. The van der Waals surface area contributed by atoms with E-state index in [1.165, 1.54) is 0 Å². The summed E-state index contributed by atoms with van der Waals surface area (Å²) >= 11 is 0. The van der Waals surface area contributed by atoms with Crippen molar-refractivity contribution in [2.75, 3.05) is 6.61 Å². The number of amides is 1. The minimum absolute atomic E-state index is 0.135. The number of hydrogen-bond acceptors (Lipinski definition) is 3. The predicted octanol–water partition coefficient (Wildman–Crippen LogP) is 4.19. The van der Waals surface area contributed by atoms with Gasteiger partial charge in [-0.15, -0.1) is 0 Å². The molecule has 0 unspecified atom stereocenters. The summed E-state index contributed by atoms with van der Waals surface area (Å²) in [7, 11) is 0. The van der Waals surface area contributed by atoms with Crippen LogP contribution in [0.4, 0.5) is 0 Å². The topological polar surface area (TPSA) is 47.6 Å². The Labute approximate surface area is 143 Å². The molecule has 0 aliphatic heterocycles. The standard InChI is InChI=1S/C20H25NO3/c1-4-13-23-19-8-6-5-7-18(19)20(22)21-14-16-9-11-17(12-10-16)24-15(2)3/h5-12,15H,4,13-14H2,1-3H3,(H,21,22). The SMILES string of the molecule is CCCOc1ccccc1C(=O)NCc1ccc(OC(C)C)cc1. The van der Waals surface area contributed by atoms with Crippen LogP contribution in [0.1, 0.15) is 43.1 Å². The van der Waals surface area contributed by atoms with Crippen LogP contribution in [0.2, 0.25) is 0 Å². The van der Waals surface area contributed by atoms with Gasteiger partial charge in [0.15, 0.2) is 0 Å². The molecule has 1 amide bonds. The summed E-state index contributed by atoms with van der Waals surface area (Å²) in [6.07, 6.45) is 1.05. The maximum atomic E-state index is 12.4. The normalized spacial score (nSPS) is 10.5. The van der Waals surface area contributed by atoms with Gasteiger partial charge in [-0.3, -0.25) is 4.79 Å². The molecule has 2 aromatic carbocycles. The average molecular weight is 327 g/mol. The van der Waals surface area contributed by atoms with Crippen LogP contribution >= 0.6 is 0 Å². The molecule has 2 aromatic rings. The number of carbonyl (C=O) groups excluding carboxylic acids is 1. The molecule has 0 aliphatic rings. The van der Waals surface area contributed by atoms with Gasteiger partial charge in [-0.25, -0.2) is 0 Å². The molecule has 0 fully saturated rings. The summed E-state index contributed by atoms with van der Waals surface area (Å²) in [5.41, 5.74) is 1.58. The van der Waals surface area contributed by atoms with Crippen molar-refractivity contribution in [1.29, 1.82) is 0 Å². The third-order valence-corrected chi connectivity index (χ3v) is 3.34. The van der Waals surface area contributed by atoms with Crippen molar-refractivity contribution in [3.05, 3.63) is 59.7 Å². The van der Waals surface area contributed by atoms with E-state index in [1.54, 1.807) is 6.07 Å². The monoisotopic (exact) mass is 327 g/mol. The fraction of sp³-hybridized carbons (Fsp3) is 0.350. The minimum atomic E-state index is -0.135. The van der Waals surface area contributed by atoms with Crippen LogP contribution in [-0.2, 0) is 6.54 Å². The zero-order chi connectivity index (χ0) is 17.4. The molecular weight excluding hydrogens is 302 g/mol. The first kappa shape index (κ1) is 17.9. The van der Waals surface area contributed by atoms with Crippen molar-refractivity contribution < 1.29 is 14.3 Å². The molecule has 0 saturated carbocycles. The number of hydrogen-bond donors (Lipinski definition) is 1. The molecule has 0 heterocycles. The number of rotatable bonds is 8. The molecule has 24 heavy (non-hydrogen) atoms. The summed E-state index contributed by atoms with van der Waals surface area (Å²) in [6, 6.07) is 15.1. The lowest BCUT2D eigenvalue weighted by atomic mass is 10.1. The third kappa shape index (κ3) is 5.30. The quantitative estimate of drug-likeness (QED) is 0.791. The highest BCUT2D eigenvalue weighted by Gasteiger charge is 2.11. The smallest absolute Gasteiger partial charge is 0.255 e. The van der Waals surface area contributed by atoms with Crippen LogP contribution in [0.3, 0.4) is 0 Å². The van der Waals surface area contributed by atoms with E-state index in [0.29, 0.717) is 24.5 Å². The Morgan fingerprint density at radius 2 is 1.79 bits per heavy atom. The summed E-state index contributed by atoms with van der Waals surface area (Å²) < 4.78 is 11.2. The van der Waals surface area contributed by atoms with E-state index in [1.807, 2.05) is 63.2 Å². The molecule has 0 atom stereocenters. The fourth-order valence-electron chi connectivity index (χ4n) is 2.23. The van der Waals surface area contributed by atoms with Crippen LogP contribution in [0.5, 0.6) is 11.5 Å². The van der Waals surface area contributed by atoms with Crippen molar-refractivity contribution in [3.63, 3.8) is 0 Å². The van der Waals surface area contributed by atoms with E-state index >= 15 is 0 Å². The number of nitrogens with one attached hydrogen (secondary N) is 1. The highest BCUT2D eigenvalue weighted by Crippen LogP contribution is 2.18. The van der Waals surface area contributed by atoms with Crippen LogP contribution in [-0.4, -0.2) is 18.6 Å². The molecule has 0 spiro atoms.